The van der Waals surface area contributed by atoms with E-state index in [-0.39, 0.29) is 5.69 Å². The third-order valence-corrected chi connectivity index (χ3v) is 5.33. The smallest absolute Gasteiger partial charge is 0.269 e. The Labute approximate surface area is 157 Å². The standard InChI is InChI=1S/C16H12Cl2N4O2S/c1-21-15(10-5-7-11(8-6-10)22(23)24)19-20-16(21)25-9-12-13(17)3-2-4-14(12)18/h2-8H,9H2,1H3. The summed E-state index contributed by atoms with van der Waals surface area (Å²) in [4.78, 5) is 10.3. The van der Waals surface area contributed by atoms with E-state index in [1.807, 2.05) is 11.6 Å². The van der Waals surface area contributed by atoms with Gasteiger partial charge in [-0.15, -0.1) is 10.2 Å². The molecule has 1 aromatic heterocycles. The predicted molar refractivity (Wildman–Crippen MR) is 99.1 cm³/mol. The van der Waals surface area contributed by atoms with Crippen LogP contribution in [0.15, 0.2) is 47.6 Å². The molecule has 0 atom stereocenters. The van der Waals surface area contributed by atoms with Crippen LogP contribution in [0.5, 0.6) is 0 Å². The number of rotatable bonds is 5. The fraction of sp³-hybridized carbons (Fsp3) is 0.125. The molecule has 0 bridgehead atoms. The molecule has 0 N–H and O–H groups in total. The highest BCUT2D eigenvalue weighted by molar-refractivity contribution is 7.98. The van der Waals surface area contributed by atoms with Crippen molar-refractivity contribution in [2.24, 2.45) is 7.05 Å². The molecular formula is C16H12Cl2N4O2S. The van der Waals surface area contributed by atoms with Crippen LogP contribution in [0.2, 0.25) is 10.0 Å². The second-order valence-corrected chi connectivity index (χ2v) is 6.91. The number of nitro benzene ring substituents is 1. The first-order valence-corrected chi connectivity index (χ1v) is 8.91. The van der Waals surface area contributed by atoms with Gasteiger partial charge in [-0.3, -0.25) is 10.1 Å². The van der Waals surface area contributed by atoms with Gasteiger partial charge >= 0.3 is 0 Å². The average Bonchev–Trinajstić information content (AvgIpc) is 2.95. The number of aromatic nitrogens is 3. The molecule has 2 aromatic carbocycles. The topological polar surface area (TPSA) is 73.8 Å². The first kappa shape index (κ1) is 17.7. The van der Waals surface area contributed by atoms with Crippen molar-refractivity contribution < 1.29 is 4.92 Å². The molecule has 3 rings (SSSR count). The van der Waals surface area contributed by atoms with Gasteiger partial charge in [0.05, 0.1) is 4.92 Å². The number of hydrogen-bond donors (Lipinski definition) is 0. The Morgan fingerprint density at radius 1 is 1.12 bits per heavy atom. The minimum absolute atomic E-state index is 0.0360. The summed E-state index contributed by atoms with van der Waals surface area (Å²) >= 11 is 13.8. The first-order valence-electron chi connectivity index (χ1n) is 7.17. The van der Waals surface area contributed by atoms with Gasteiger partial charge in [0.1, 0.15) is 0 Å². The van der Waals surface area contributed by atoms with Gasteiger partial charge in [0, 0.05) is 40.5 Å². The van der Waals surface area contributed by atoms with Gasteiger partial charge in [-0.05, 0) is 29.8 Å². The molecule has 128 valence electrons. The quantitative estimate of drug-likeness (QED) is 0.346. The molecule has 25 heavy (non-hydrogen) atoms. The monoisotopic (exact) mass is 394 g/mol. The Morgan fingerprint density at radius 2 is 1.76 bits per heavy atom. The highest BCUT2D eigenvalue weighted by Gasteiger charge is 2.14. The van der Waals surface area contributed by atoms with E-state index in [9.17, 15) is 10.1 Å². The number of thioether (sulfide) groups is 1. The van der Waals surface area contributed by atoms with E-state index in [4.69, 9.17) is 23.2 Å². The second kappa shape index (κ2) is 7.43. The molecule has 0 aliphatic carbocycles. The van der Waals surface area contributed by atoms with Gasteiger partial charge in [-0.25, -0.2) is 0 Å². The van der Waals surface area contributed by atoms with Crippen LogP contribution in [0, 0.1) is 10.1 Å². The normalized spacial score (nSPS) is 10.8. The van der Waals surface area contributed by atoms with E-state index in [1.54, 1.807) is 30.3 Å². The molecule has 0 radical (unpaired) electrons. The van der Waals surface area contributed by atoms with Crippen LogP contribution in [-0.2, 0) is 12.8 Å². The molecule has 0 aliphatic heterocycles. The van der Waals surface area contributed by atoms with Gasteiger partial charge in [0.2, 0.25) is 0 Å². The van der Waals surface area contributed by atoms with E-state index in [1.165, 1.54) is 23.9 Å². The van der Waals surface area contributed by atoms with Crippen LogP contribution < -0.4 is 0 Å². The maximum absolute atomic E-state index is 10.7. The van der Waals surface area contributed by atoms with Crippen molar-refractivity contribution in [3.05, 3.63) is 68.2 Å². The summed E-state index contributed by atoms with van der Waals surface area (Å²) < 4.78 is 1.83. The maximum atomic E-state index is 10.7. The number of benzene rings is 2. The summed E-state index contributed by atoms with van der Waals surface area (Å²) in [5.41, 5.74) is 1.63. The average molecular weight is 395 g/mol. The predicted octanol–water partition coefficient (Wildman–Crippen LogP) is 4.99. The zero-order valence-electron chi connectivity index (χ0n) is 13.0. The molecular weight excluding hydrogens is 383 g/mol. The number of hydrogen-bond acceptors (Lipinski definition) is 5. The van der Waals surface area contributed by atoms with E-state index >= 15 is 0 Å². The van der Waals surface area contributed by atoms with Crippen molar-refractivity contribution in [3.8, 4) is 11.4 Å². The lowest BCUT2D eigenvalue weighted by Gasteiger charge is -2.07. The SMILES string of the molecule is Cn1c(SCc2c(Cl)cccc2Cl)nnc1-c1ccc([N+](=O)[O-])cc1. The lowest BCUT2D eigenvalue weighted by molar-refractivity contribution is -0.384. The number of nitrogens with zero attached hydrogens (tertiary/aromatic N) is 4. The van der Waals surface area contributed by atoms with Gasteiger partial charge in [-0.2, -0.15) is 0 Å². The molecule has 9 heteroatoms. The van der Waals surface area contributed by atoms with Crippen molar-refractivity contribution >= 4 is 40.7 Å². The fourth-order valence-electron chi connectivity index (χ4n) is 2.23. The Balaban J connectivity index is 1.80. The zero-order valence-corrected chi connectivity index (χ0v) is 15.3. The van der Waals surface area contributed by atoms with Crippen molar-refractivity contribution in [2.75, 3.05) is 0 Å². The summed E-state index contributed by atoms with van der Waals surface area (Å²) in [5, 5.41) is 21.0. The van der Waals surface area contributed by atoms with E-state index in [0.29, 0.717) is 26.8 Å². The first-order chi connectivity index (χ1) is 12.0. The van der Waals surface area contributed by atoms with E-state index < -0.39 is 4.92 Å². The van der Waals surface area contributed by atoms with Crippen molar-refractivity contribution in [2.45, 2.75) is 10.9 Å². The van der Waals surface area contributed by atoms with Gasteiger partial charge < -0.3 is 4.57 Å². The number of halogens is 2. The van der Waals surface area contributed by atoms with Crippen LogP contribution in [0.25, 0.3) is 11.4 Å². The molecule has 0 saturated carbocycles. The lowest BCUT2D eigenvalue weighted by Crippen LogP contribution is -1.96. The summed E-state index contributed by atoms with van der Waals surface area (Å²) in [6, 6.07) is 11.6. The molecule has 0 amide bonds. The van der Waals surface area contributed by atoms with Crippen LogP contribution >= 0.6 is 35.0 Å². The Morgan fingerprint density at radius 3 is 2.36 bits per heavy atom. The van der Waals surface area contributed by atoms with Crippen LogP contribution in [0.3, 0.4) is 0 Å². The number of nitro groups is 1. The van der Waals surface area contributed by atoms with Crippen molar-refractivity contribution in [1.29, 1.82) is 0 Å². The van der Waals surface area contributed by atoms with Crippen molar-refractivity contribution in [3.63, 3.8) is 0 Å². The fourth-order valence-corrected chi connectivity index (χ4v) is 3.88. The molecule has 0 unspecified atom stereocenters. The van der Waals surface area contributed by atoms with Gasteiger partial charge in [0.25, 0.3) is 5.69 Å². The Kier molecular flexibility index (Phi) is 5.27. The number of non-ortho nitro benzene ring substituents is 1. The van der Waals surface area contributed by atoms with Crippen molar-refractivity contribution in [1.82, 2.24) is 14.8 Å². The highest BCUT2D eigenvalue weighted by Crippen LogP contribution is 2.32. The highest BCUT2D eigenvalue weighted by atomic mass is 35.5. The molecule has 0 spiro atoms. The summed E-state index contributed by atoms with van der Waals surface area (Å²) in [6.45, 7) is 0. The zero-order chi connectivity index (χ0) is 18.0. The van der Waals surface area contributed by atoms with E-state index in [2.05, 4.69) is 10.2 Å². The summed E-state index contributed by atoms with van der Waals surface area (Å²) in [6.07, 6.45) is 0. The summed E-state index contributed by atoms with van der Waals surface area (Å²) in [7, 11) is 1.84. The summed E-state index contributed by atoms with van der Waals surface area (Å²) in [5.74, 6) is 1.19. The molecule has 1 heterocycles. The van der Waals surface area contributed by atoms with E-state index in [0.717, 1.165) is 11.1 Å². The van der Waals surface area contributed by atoms with Gasteiger partial charge in [-0.1, -0.05) is 41.0 Å². The van der Waals surface area contributed by atoms with Crippen LogP contribution in [0.1, 0.15) is 5.56 Å². The third kappa shape index (κ3) is 3.78. The largest absolute Gasteiger partial charge is 0.305 e. The second-order valence-electron chi connectivity index (χ2n) is 5.16. The molecule has 0 saturated heterocycles. The third-order valence-electron chi connectivity index (χ3n) is 3.58. The van der Waals surface area contributed by atoms with Gasteiger partial charge in [0.15, 0.2) is 11.0 Å². The minimum Gasteiger partial charge on any atom is -0.305 e. The molecule has 0 aliphatic rings. The van der Waals surface area contributed by atoms with Crippen LogP contribution in [-0.4, -0.2) is 19.7 Å². The lowest BCUT2D eigenvalue weighted by atomic mass is 10.2. The molecule has 3 aromatic rings. The Bertz CT molecular complexity index is 908. The maximum Gasteiger partial charge on any atom is 0.269 e. The molecule has 0 fully saturated rings. The Hall–Kier alpha value is -2.09. The molecule has 6 nitrogen and oxygen atoms in total. The minimum atomic E-state index is -0.435. The van der Waals surface area contributed by atoms with Crippen LogP contribution in [0.4, 0.5) is 5.69 Å².